The SMILES string of the molecule is CCOc1ccc(C2C(C(=O)OC)=C(C)N=c3sc(=Cc4cc(Br)ccc4OC(C)=O)c(=O)n32)cc1OCC. The first kappa shape index (κ1) is 28.3. The summed E-state index contributed by atoms with van der Waals surface area (Å²) in [6.45, 7) is 7.61. The van der Waals surface area contributed by atoms with Crippen LogP contribution in [0, 0.1) is 0 Å². The molecule has 4 rings (SSSR count). The van der Waals surface area contributed by atoms with E-state index in [2.05, 4.69) is 20.9 Å². The maximum Gasteiger partial charge on any atom is 0.338 e. The molecule has 1 aliphatic heterocycles. The third-order valence-corrected chi connectivity index (χ3v) is 7.30. The molecular formula is C28H27BrN2O7S. The maximum atomic E-state index is 13.9. The normalized spacial score (nSPS) is 14.9. The minimum atomic E-state index is -0.818. The molecule has 9 nitrogen and oxygen atoms in total. The van der Waals surface area contributed by atoms with E-state index in [1.807, 2.05) is 13.8 Å². The van der Waals surface area contributed by atoms with Crippen LogP contribution in [-0.4, -0.2) is 36.8 Å². The molecule has 0 radical (unpaired) electrons. The van der Waals surface area contributed by atoms with Gasteiger partial charge in [-0.3, -0.25) is 14.2 Å². The van der Waals surface area contributed by atoms with Gasteiger partial charge in [0.25, 0.3) is 5.56 Å². The number of esters is 2. The Morgan fingerprint density at radius 2 is 1.77 bits per heavy atom. The van der Waals surface area contributed by atoms with Crippen LogP contribution in [0.1, 0.15) is 44.9 Å². The highest BCUT2D eigenvalue weighted by atomic mass is 79.9. The van der Waals surface area contributed by atoms with Gasteiger partial charge in [-0.1, -0.05) is 33.3 Å². The summed E-state index contributed by atoms with van der Waals surface area (Å²) in [5.41, 5.74) is 1.48. The lowest BCUT2D eigenvalue weighted by Crippen LogP contribution is -2.39. The Morgan fingerprint density at radius 1 is 1.08 bits per heavy atom. The van der Waals surface area contributed by atoms with Crippen LogP contribution in [0.3, 0.4) is 0 Å². The molecule has 0 saturated heterocycles. The van der Waals surface area contributed by atoms with Crippen LogP contribution in [0.5, 0.6) is 17.2 Å². The Bertz CT molecular complexity index is 1650. The van der Waals surface area contributed by atoms with Gasteiger partial charge in [0, 0.05) is 17.0 Å². The van der Waals surface area contributed by atoms with E-state index in [4.69, 9.17) is 18.9 Å². The van der Waals surface area contributed by atoms with Crippen molar-refractivity contribution in [3.05, 3.63) is 83.0 Å². The van der Waals surface area contributed by atoms with E-state index in [1.54, 1.807) is 49.4 Å². The van der Waals surface area contributed by atoms with Crippen molar-refractivity contribution in [1.82, 2.24) is 4.57 Å². The summed E-state index contributed by atoms with van der Waals surface area (Å²) in [5, 5.41) is 0. The predicted octanol–water partition coefficient (Wildman–Crippen LogP) is 3.89. The van der Waals surface area contributed by atoms with Gasteiger partial charge >= 0.3 is 11.9 Å². The highest BCUT2D eigenvalue weighted by molar-refractivity contribution is 9.10. The van der Waals surface area contributed by atoms with E-state index in [-0.39, 0.29) is 11.1 Å². The fraction of sp³-hybridized carbons (Fsp3) is 0.286. The molecule has 1 unspecified atom stereocenters. The first-order valence-corrected chi connectivity index (χ1v) is 13.8. The molecule has 0 amide bonds. The molecule has 1 aliphatic rings. The smallest absolute Gasteiger partial charge is 0.338 e. The Kier molecular flexibility index (Phi) is 8.71. The number of fused-ring (bicyclic) bond motifs is 1. The Hall–Kier alpha value is -3.70. The van der Waals surface area contributed by atoms with Gasteiger partial charge in [0.15, 0.2) is 16.3 Å². The van der Waals surface area contributed by atoms with Gasteiger partial charge < -0.3 is 18.9 Å². The number of hydrogen-bond donors (Lipinski definition) is 0. The number of thiazole rings is 1. The molecule has 2 heterocycles. The second-order valence-electron chi connectivity index (χ2n) is 8.42. The van der Waals surface area contributed by atoms with E-state index >= 15 is 0 Å². The number of rotatable bonds is 8. The summed E-state index contributed by atoms with van der Waals surface area (Å²) in [6.07, 6.45) is 1.64. The van der Waals surface area contributed by atoms with Crippen molar-refractivity contribution >= 4 is 45.3 Å². The lowest BCUT2D eigenvalue weighted by molar-refractivity contribution is -0.136. The molecule has 11 heteroatoms. The van der Waals surface area contributed by atoms with Crippen molar-refractivity contribution in [1.29, 1.82) is 0 Å². The molecule has 0 saturated carbocycles. The number of aromatic nitrogens is 1. The van der Waals surface area contributed by atoms with Gasteiger partial charge in [0.2, 0.25) is 0 Å². The third-order valence-electron chi connectivity index (χ3n) is 5.82. The van der Waals surface area contributed by atoms with Gasteiger partial charge in [-0.2, -0.15) is 0 Å². The Morgan fingerprint density at radius 3 is 2.44 bits per heavy atom. The largest absolute Gasteiger partial charge is 0.490 e. The number of methoxy groups -OCH3 is 1. The second kappa shape index (κ2) is 12.0. The predicted molar refractivity (Wildman–Crippen MR) is 150 cm³/mol. The summed E-state index contributed by atoms with van der Waals surface area (Å²) < 4.78 is 24.5. The zero-order valence-corrected chi connectivity index (χ0v) is 24.5. The molecule has 0 fully saturated rings. The molecule has 0 bridgehead atoms. The highest BCUT2D eigenvalue weighted by Crippen LogP contribution is 2.36. The first-order chi connectivity index (χ1) is 18.7. The Balaban J connectivity index is 1.97. The zero-order chi connectivity index (χ0) is 28.3. The number of ether oxygens (including phenoxy) is 4. The van der Waals surface area contributed by atoms with Crippen LogP contribution in [0.4, 0.5) is 0 Å². The van der Waals surface area contributed by atoms with Crippen LogP contribution in [0.2, 0.25) is 0 Å². The molecular weight excluding hydrogens is 588 g/mol. The van der Waals surface area contributed by atoms with Crippen LogP contribution in [0.25, 0.3) is 6.08 Å². The van der Waals surface area contributed by atoms with Crippen LogP contribution in [0.15, 0.2) is 61.9 Å². The monoisotopic (exact) mass is 614 g/mol. The number of nitrogens with zero attached hydrogens (tertiary/aromatic N) is 2. The number of halogens is 1. The topological polar surface area (TPSA) is 105 Å². The van der Waals surface area contributed by atoms with Gasteiger partial charge in [-0.15, -0.1) is 0 Å². The van der Waals surface area contributed by atoms with Crippen molar-refractivity contribution in [2.75, 3.05) is 20.3 Å². The van der Waals surface area contributed by atoms with Gasteiger partial charge in [0.1, 0.15) is 5.75 Å². The molecule has 3 aromatic rings. The number of carbonyl (C=O) groups excluding carboxylic acids is 2. The van der Waals surface area contributed by atoms with E-state index in [9.17, 15) is 14.4 Å². The van der Waals surface area contributed by atoms with Crippen molar-refractivity contribution in [3.8, 4) is 17.2 Å². The van der Waals surface area contributed by atoms with Crippen molar-refractivity contribution < 1.29 is 28.5 Å². The Labute approximate surface area is 237 Å². The summed E-state index contributed by atoms with van der Waals surface area (Å²) in [5.74, 6) is 0.299. The van der Waals surface area contributed by atoms with E-state index in [1.165, 1.54) is 29.9 Å². The molecule has 1 atom stereocenters. The number of hydrogen-bond acceptors (Lipinski definition) is 9. The summed E-state index contributed by atoms with van der Waals surface area (Å²) in [6, 6.07) is 9.64. The second-order valence-corrected chi connectivity index (χ2v) is 10.3. The first-order valence-electron chi connectivity index (χ1n) is 12.2. The van der Waals surface area contributed by atoms with Crippen molar-refractivity contribution in [2.24, 2.45) is 4.99 Å². The molecule has 1 aromatic heterocycles. The van der Waals surface area contributed by atoms with Crippen LogP contribution < -0.4 is 29.1 Å². The number of carbonyl (C=O) groups is 2. The van der Waals surface area contributed by atoms with E-state index in [0.29, 0.717) is 56.6 Å². The van der Waals surface area contributed by atoms with Gasteiger partial charge in [-0.25, -0.2) is 9.79 Å². The highest BCUT2D eigenvalue weighted by Gasteiger charge is 2.33. The standard InChI is InChI=1S/C28H27BrN2O7S/c1-6-36-21-10-8-17(13-22(21)37-7-2)25-24(27(34)35-5)15(3)30-28-31(25)26(33)23(39-28)14-18-12-19(29)9-11-20(18)38-16(4)32/h8-14,25H,6-7H2,1-5H3. The lowest BCUT2D eigenvalue weighted by atomic mass is 9.95. The molecule has 204 valence electrons. The minimum absolute atomic E-state index is 0.242. The molecule has 2 aromatic carbocycles. The fourth-order valence-corrected chi connectivity index (χ4v) is 5.68. The zero-order valence-electron chi connectivity index (χ0n) is 22.1. The van der Waals surface area contributed by atoms with Gasteiger partial charge in [0.05, 0.1) is 42.2 Å². The fourth-order valence-electron chi connectivity index (χ4n) is 4.27. The minimum Gasteiger partial charge on any atom is -0.490 e. The average molecular weight is 616 g/mol. The lowest BCUT2D eigenvalue weighted by Gasteiger charge is -2.25. The van der Waals surface area contributed by atoms with E-state index < -0.39 is 18.0 Å². The van der Waals surface area contributed by atoms with Crippen molar-refractivity contribution in [2.45, 2.75) is 33.7 Å². The third kappa shape index (κ3) is 5.84. The molecule has 39 heavy (non-hydrogen) atoms. The summed E-state index contributed by atoms with van der Waals surface area (Å²) in [7, 11) is 1.29. The molecule has 0 N–H and O–H groups in total. The van der Waals surface area contributed by atoms with Crippen molar-refractivity contribution in [3.63, 3.8) is 0 Å². The van der Waals surface area contributed by atoms with Crippen LogP contribution >= 0.6 is 27.3 Å². The summed E-state index contributed by atoms with van der Waals surface area (Å²) in [4.78, 5) is 43.5. The molecule has 0 aliphatic carbocycles. The quantitative estimate of drug-likeness (QED) is 0.280. The number of allylic oxidation sites excluding steroid dienone is 1. The summed E-state index contributed by atoms with van der Waals surface area (Å²) >= 11 is 4.60. The molecule has 0 spiro atoms. The van der Waals surface area contributed by atoms with Crippen LogP contribution in [-0.2, 0) is 14.3 Å². The average Bonchev–Trinajstić information content (AvgIpc) is 3.19. The van der Waals surface area contributed by atoms with E-state index in [0.717, 1.165) is 4.47 Å². The number of benzene rings is 2. The van der Waals surface area contributed by atoms with Gasteiger partial charge in [-0.05, 0) is 62.7 Å². The maximum absolute atomic E-state index is 13.9.